The molecule has 0 radical (unpaired) electrons. The zero-order valence-electron chi connectivity index (χ0n) is 12.3. The highest BCUT2D eigenvalue weighted by molar-refractivity contribution is 5.90. The molecule has 0 fully saturated rings. The van der Waals surface area contributed by atoms with Gasteiger partial charge >= 0.3 is 5.97 Å². The highest BCUT2D eigenvalue weighted by Crippen LogP contribution is 2.11. The van der Waals surface area contributed by atoms with Crippen molar-refractivity contribution < 1.29 is 14.3 Å². The molecule has 0 saturated carbocycles. The number of aromatic nitrogens is 2. The molecule has 2 aromatic carbocycles. The van der Waals surface area contributed by atoms with Crippen molar-refractivity contribution in [2.75, 3.05) is 0 Å². The molecule has 3 aromatic rings. The molecule has 3 rings (SSSR count). The summed E-state index contributed by atoms with van der Waals surface area (Å²) in [6.07, 6.45) is 4.31. The molecule has 0 aliphatic carbocycles. The Morgan fingerprint density at radius 1 is 1.09 bits per heavy atom. The van der Waals surface area contributed by atoms with E-state index < -0.39 is 5.97 Å². The number of esters is 1. The summed E-state index contributed by atoms with van der Waals surface area (Å²) in [5.74, 6) is -0.418. The minimum absolute atomic E-state index is 0.188. The molecule has 0 spiro atoms. The van der Waals surface area contributed by atoms with Crippen LogP contribution in [0.1, 0.15) is 26.3 Å². The number of ether oxygens (including phenoxy) is 1. The van der Waals surface area contributed by atoms with Crippen LogP contribution in [0.15, 0.2) is 67.0 Å². The third-order valence-corrected chi connectivity index (χ3v) is 3.36. The molecule has 0 atom stereocenters. The van der Waals surface area contributed by atoms with Gasteiger partial charge in [-0.25, -0.2) is 9.48 Å². The van der Waals surface area contributed by atoms with Gasteiger partial charge in [-0.2, -0.15) is 5.10 Å². The van der Waals surface area contributed by atoms with E-state index in [0.717, 1.165) is 17.5 Å². The summed E-state index contributed by atoms with van der Waals surface area (Å²) < 4.78 is 7.02. The van der Waals surface area contributed by atoms with E-state index in [0.29, 0.717) is 11.1 Å². The van der Waals surface area contributed by atoms with Gasteiger partial charge in [0.15, 0.2) is 0 Å². The van der Waals surface area contributed by atoms with Gasteiger partial charge in [-0.05, 0) is 35.9 Å². The Hall–Kier alpha value is -3.21. The summed E-state index contributed by atoms with van der Waals surface area (Å²) in [7, 11) is 0. The fourth-order valence-corrected chi connectivity index (χ4v) is 2.10. The van der Waals surface area contributed by atoms with E-state index in [9.17, 15) is 9.59 Å². The fourth-order valence-electron chi connectivity index (χ4n) is 2.10. The first-order valence-electron chi connectivity index (χ1n) is 7.07. The van der Waals surface area contributed by atoms with Gasteiger partial charge in [0.1, 0.15) is 12.9 Å². The highest BCUT2D eigenvalue weighted by Gasteiger charge is 2.07. The second kappa shape index (κ2) is 6.70. The fraction of sp³-hybridized carbons (Fsp3) is 0.0556. The lowest BCUT2D eigenvalue weighted by Gasteiger charge is -2.06. The number of carbonyl (C=O) groups excluding carboxylic acids is 2. The van der Waals surface area contributed by atoms with E-state index in [1.54, 1.807) is 35.1 Å². The lowest BCUT2D eigenvalue weighted by atomic mass is 10.1. The quantitative estimate of drug-likeness (QED) is 0.537. The van der Waals surface area contributed by atoms with Crippen LogP contribution >= 0.6 is 0 Å². The third-order valence-electron chi connectivity index (χ3n) is 3.36. The highest BCUT2D eigenvalue weighted by atomic mass is 16.5. The van der Waals surface area contributed by atoms with Crippen LogP contribution in [0.5, 0.6) is 0 Å². The lowest BCUT2D eigenvalue weighted by Crippen LogP contribution is -2.05. The molecule has 0 aliphatic heterocycles. The van der Waals surface area contributed by atoms with Crippen molar-refractivity contribution in [3.05, 3.63) is 83.7 Å². The normalized spacial score (nSPS) is 10.3. The smallest absolute Gasteiger partial charge is 0.338 e. The maximum atomic E-state index is 11.9. The van der Waals surface area contributed by atoms with Crippen molar-refractivity contribution in [2.24, 2.45) is 0 Å². The van der Waals surface area contributed by atoms with Crippen molar-refractivity contribution in [1.82, 2.24) is 9.78 Å². The van der Waals surface area contributed by atoms with E-state index in [1.807, 2.05) is 36.5 Å². The van der Waals surface area contributed by atoms with Crippen LogP contribution in [0.4, 0.5) is 0 Å². The van der Waals surface area contributed by atoms with Crippen LogP contribution in [0.25, 0.3) is 5.69 Å². The first-order valence-corrected chi connectivity index (χ1v) is 7.07. The van der Waals surface area contributed by atoms with E-state index in [-0.39, 0.29) is 6.61 Å². The Bertz CT molecular complexity index is 791. The maximum Gasteiger partial charge on any atom is 0.338 e. The minimum atomic E-state index is -0.418. The Morgan fingerprint density at radius 2 is 1.83 bits per heavy atom. The SMILES string of the molecule is O=Cc1ccc(C(=O)OCc2ccc(-n3cccn3)cc2)cc1. The van der Waals surface area contributed by atoms with Crippen molar-refractivity contribution in [2.45, 2.75) is 6.61 Å². The molecule has 0 aliphatic rings. The Labute approximate surface area is 133 Å². The van der Waals surface area contributed by atoms with E-state index in [2.05, 4.69) is 5.10 Å². The largest absolute Gasteiger partial charge is 0.457 e. The minimum Gasteiger partial charge on any atom is -0.457 e. The first kappa shape index (κ1) is 14.7. The second-order valence-corrected chi connectivity index (χ2v) is 4.93. The molecule has 1 aromatic heterocycles. The molecule has 1 heterocycles. The molecule has 23 heavy (non-hydrogen) atoms. The predicted molar refractivity (Wildman–Crippen MR) is 84.5 cm³/mol. The molecule has 5 heteroatoms. The Morgan fingerprint density at radius 3 is 2.43 bits per heavy atom. The molecule has 0 amide bonds. The van der Waals surface area contributed by atoms with Crippen LogP contribution in [-0.4, -0.2) is 22.0 Å². The molecule has 5 nitrogen and oxygen atoms in total. The van der Waals surface area contributed by atoms with Crippen molar-refractivity contribution >= 4 is 12.3 Å². The predicted octanol–water partition coefficient (Wildman–Crippen LogP) is 3.04. The summed E-state index contributed by atoms with van der Waals surface area (Å²) in [6.45, 7) is 0.188. The van der Waals surface area contributed by atoms with Crippen LogP contribution < -0.4 is 0 Å². The van der Waals surface area contributed by atoms with Gasteiger partial charge in [0, 0.05) is 18.0 Å². The Balaban J connectivity index is 1.61. The van der Waals surface area contributed by atoms with Gasteiger partial charge in [-0.1, -0.05) is 24.3 Å². The van der Waals surface area contributed by atoms with Crippen LogP contribution in [0.2, 0.25) is 0 Å². The standard InChI is InChI=1S/C18H14N2O3/c21-12-14-2-6-16(7-3-14)18(22)23-13-15-4-8-17(9-5-15)20-11-1-10-19-20/h1-12H,13H2. The molecule has 0 N–H and O–H groups in total. The number of benzene rings is 2. The van der Waals surface area contributed by atoms with E-state index in [4.69, 9.17) is 4.74 Å². The van der Waals surface area contributed by atoms with Crippen molar-refractivity contribution in [3.63, 3.8) is 0 Å². The van der Waals surface area contributed by atoms with Crippen LogP contribution in [0.3, 0.4) is 0 Å². The van der Waals surface area contributed by atoms with Crippen molar-refractivity contribution in [1.29, 1.82) is 0 Å². The summed E-state index contributed by atoms with van der Waals surface area (Å²) in [6, 6.07) is 15.8. The number of hydrogen-bond donors (Lipinski definition) is 0. The van der Waals surface area contributed by atoms with Gasteiger partial charge in [-0.15, -0.1) is 0 Å². The molecular formula is C18H14N2O3. The van der Waals surface area contributed by atoms with Gasteiger partial charge in [0.25, 0.3) is 0 Å². The monoisotopic (exact) mass is 306 g/mol. The average Bonchev–Trinajstić information content (AvgIpc) is 3.15. The number of aldehydes is 1. The number of hydrogen-bond acceptors (Lipinski definition) is 4. The number of rotatable bonds is 5. The van der Waals surface area contributed by atoms with E-state index >= 15 is 0 Å². The zero-order chi connectivity index (χ0) is 16.1. The average molecular weight is 306 g/mol. The summed E-state index contributed by atoms with van der Waals surface area (Å²) in [5, 5.41) is 4.15. The van der Waals surface area contributed by atoms with Gasteiger partial charge in [-0.3, -0.25) is 4.79 Å². The summed E-state index contributed by atoms with van der Waals surface area (Å²) in [5.41, 5.74) is 2.77. The molecule has 0 unspecified atom stereocenters. The Kier molecular flexibility index (Phi) is 4.29. The number of nitrogens with zero attached hydrogens (tertiary/aromatic N) is 2. The van der Waals surface area contributed by atoms with E-state index in [1.165, 1.54) is 0 Å². The molecule has 0 bridgehead atoms. The van der Waals surface area contributed by atoms with Crippen LogP contribution in [-0.2, 0) is 11.3 Å². The van der Waals surface area contributed by atoms with Crippen LogP contribution in [0, 0.1) is 0 Å². The summed E-state index contributed by atoms with van der Waals surface area (Å²) in [4.78, 5) is 22.5. The molecule has 114 valence electrons. The molecule has 0 saturated heterocycles. The first-order chi connectivity index (χ1) is 11.3. The second-order valence-electron chi connectivity index (χ2n) is 4.93. The van der Waals surface area contributed by atoms with Crippen molar-refractivity contribution in [3.8, 4) is 5.69 Å². The van der Waals surface area contributed by atoms with Gasteiger partial charge in [0.05, 0.1) is 11.3 Å². The topological polar surface area (TPSA) is 61.2 Å². The van der Waals surface area contributed by atoms with Gasteiger partial charge in [0.2, 0.25) is 0 Å². The summed E-state index contributed by atoms with van der Waals surface area (Å²) >= 11 is 0. The molecular weight excluding hydrogens is 292 g/mol. The third kappa shape index (κ3) is 3.52. The van der Waals surface area contributed by atoms with Gasteiger partial charge < -0.3 is 4.74 Å². The number of carbonyl (C=O) groups is 2. The lowest BCUT2D eigenvalue weighted by molar-refractivity contribution is 0.0472. The zero-order valence-corrected chi connectivity index (χ0v) is 12.3. The maximum absolute atomic E-state index is 11.9.